The minimum atomic E-state index is -0.0490. The van der Waals surface area contributed by atoms with Gasteiger partial charge >= 0.3 is 5.97 Å². The number of furan rings is 1. The van der Waals surface area contributed by atoms with E-state index in [9.17, 15) is 4.79 Å². The summed E-state index contributed by atoms with van der Waals surface area (Å²) in [5.74, 6) is 1.36. The molecular formula is C10H10O3. The van der Waals surface area contributed by atoms with Crippen molar-refractivity contribution >= 4 is 5.97 Å². The van der Waals surface area contributed by atoms with Gasteiger partial charge in [-0.2, -0.15) is 0 Å². The number of cyclic esters (lactones) is 1. The normalized spacial score (nSPS) is 30.9. The lowest BCUT2D eigenvalue weighted by molar-refractivity contribution is -0.141. The molecule has 0 unspecified atom stereocenters. The molecule has 1 fully saturated rings. The van der Waals surface area contributed by atoms with Crippen LogP contribution in [-0.4, -0.2) is 12.6 Å². The zero-order valence-corrected chi connectivity index (χ0v) is 7.16. The van der Waals surface area contributed by atoms with Crippen LogP contribution in [0, 0.1) is 11.8 Å². The van der Waals surface area contributed by atoms with E-state index < -0.39 is 0 Å². The van der Waals surface area contributed by atoms with Crippen molar-refractivity contribution in [1.82, 2.24) is 0 Å². The van der Waals surface area contributed by atoms with Crippen LogP contribution >= 0.6 is 0 Å². The highest BCUT2D eigenvalue weighted by atomic mass is 16.5. The molecule has 0 radical (unpaired) electrons. The fourth-order valence-corrected chi connectivity index (χ4v) is 2.27. The van der Waals surface area contributed by atoms with Crippen molar-refractivity contribution in [2.45, 2.75) is 12.8 Å². The highest BCUT2D eigenvalue weighted by Crippen LogP contribution is 2.35. The Morgan fingerprint density at radius 2 is 2.31 bits per heavy atom. The summed E-state index contributed by atoms with van der Waals surface area (Å²) < 4.78 is 10.3. The van der Waals surface area contributed by atoms with E-state index in [-0.39, 0.29) is 11.9 Å². The molecule has 3 nitrogen and oxygen atoms in total. The van der Waals surface area contributed by atoms with Crippen LogP contribution in [0.2, 0.25) is 0 Å². The topological polar surface area (TPSA) is 39.4 Å². The third kappa shape index (κ3) is 0.930. The van der Waals surface area contributed by atoms with E-state index in [2.05, 4.69) is 0 Å². The van der Waals surface area contributed by atoms with Crippen LogP contribution in [0.15, 0.2) is 16.7 Å². The quantitative estimate of drug-likeness (QED) is 0.560. The first-order chi connectivity index (χ1) is 6.34. The Morgan fingerprint density at radius 1 is 1.38 bits per heavy atom. The second-order valence-electron chi connectivity index (χ2n) is 3.77. The van der Waals surface area contributed by atoms with E-state index in [1.54, 1.807) is 6.26 Å². The predicted molar refractivity (Wildman–Crippen MR) is 44.1 cm³/mol. The Labute approximate surface area is 75.7 Å². The van der Waals surface area contributed by atoms with Gasteiger partial charge in [-0.25, -0.2) is 0 Å². The van der Waals surface area contributed by atoms with Crippen molar-refractivity contribution in [2.24, 2.45) is 11.8 Å². The third-order valence-corrected chi connectivity index (χ3v) is 3.04. The summed E-state index contributed by atoms with van der Waals surface area (Å²) in [7, 11) is 0. The minimum absolute atomic E-state index is 0.0490. The molecular weight excluding hydrogens is 168 g/mol. The highest BCUT2D eigenvalue weighted by molar-refractivity contribution is 5.75. The monoisotopic (exact) mass is 178 g/mol. The average Bonchev–Trinajstić information content (AvgIpc) is 2.70. The van der Waals surface area contributed by atoms with Gasteiger partial charge in [0.2, 0.25) is 0 Å². The summed E-state index contributed by atoms with van der Waals surface area (Å²) in [5.41, 5.74) is 1.25. The average molecular weight is 178 g/mol. The van der Waals surface area contributed by atoms with Gasteiger partial charge in [-0.3, -0.25) is 4.79 Å². The van der Waals surface area contributed by atoms with Gasteiger partial charge in [0, 0.05) is 12.3 Å². The third-order valence-electron chi connectivity index (χ3n) is 3.04. The molecule has 0 bridgehead atoms. The van der Waals surface area contributed by atoms with Crippen molar-refractivity contribution in [3.05, 3.63) is 23.7 Å². The Kier molecular flexibility index (Phi) is 1.31. The van der Waals surface area contributed by atoms with Crippen molar-refractivity contribution in [3.63, 3.8) is 0 Å². The number of hydrogen-bond donors (Lipinski definition) is 0. The summed E-state index contributed by atoms with van der Waals surface area (Å²) in [6.45, 7) is 0.591. The van der Waals surface area contributed by atoms with Crippen LogP contribution in [0.1, 0.15) is 11.3 Å². The molecule has 68 valence electrons. The number of fused-ring (bicyclic) bond motifs is 2. The summed E-state index contributed by atoms with van der Waals surface area (Å²) in [6, 6.07) is 1.99. The van der Waals surface area contributed by atoms with Crippen molar-refractivity contribution in [3.8, 4) is 0 Å². The second-order valence-corrected chi connectivity index (χ2v) is 3.77. The number of hydrogen-bond acceptors (Lipinski definition) is 3. The van der Waals surface area contributed by atoms with Crippen molar-refractivity contribution < 1.29 is 13.9 Å². The molecule has 2 heterocycles. The molecule has 0 amide bonds. The van der Waals surface area contributed by atoms with Gasteiger partial charge in [0.25, 0.3) is 0 Å². The molecule has 0 aromatic carbocycles. The summed E-state index contributed by atoms with van der Waals surface area (Å²) >= 11 is 0. The van der Waals surface area contributed by atoms with Crippen LogP contribution in [0.5, 0.6) is 0 Å². The Balaban J connectivity index is 1.98. The van der Waals surface area contributed by atoms with Gasteiger partial charge in [-0.05, 0) is 18.1 Å². The smallest absolute Gasteiger partial charge is 0.309 e. The number of rotatable bonds is 0. The molecule has 3 heteroatoms. The number of ether oxygens (including phenoxy) is 1. The largest absolute Gasteiger partial charge is 0.469 e. The Morgan fingerprint density at radius 3 is 3.23 bits per heavy atom. The molecule has 0 spiro atoms. The summed E-state index contributed by atoms with van der Waals surface area (Å²) in [5, 5.41) is 0. The van der Waals surface area contributed by atoms with E-state index >= 15 is 0 Å². The maximum atomic E-state index is 11.3. The van der Waals surface area contributed by atoms with Crippen molar-refractivity contribution in [1.29, 1.82) is 0 Å². The van der Waals surface area contributed by atoms with E-state index in [4.69, 9.17) is 9.15 Å². The van der Waals surface area contributed by atoms with Gasteiger partial charge in [0.1, 0.15) is 5.76 Å². The molecule has 2 atom stereocenters. The Hall–Kier alpha value is -1.25. The first kappa shape index (κ1) is 7.18. The van der Waals surface area contributed by atoms with Crippen molar-refractivity contribution in [2.75, 3.05) is 6.61 Å². The first-order valence-corrected chi connectivity index (χ1v) is 4.56. The molecule has 0 N–H and O–H groups in total. The molecule has 2 aliphatic rings. The SMILES string of the molecule is O=C1OC[C@H]2Cc3ccoc3C[C@H]12. The van der Waals surface area contributed by atoms with E-state index in [0.717, 1.165) is 18.6 Å². The summed E-state index contributed by atoms with van der Waals surface area (Å²) in [6.07, 6.45) is 3.37. The highest BCUT2D eigenvalue weighted by Gasteiger charge is 2.41. The number of esters is 1. The fourth-order valence-electron chi connectivity index (χ4n) is 2.27. The molecule has 1 aliphatic heterocycles. The lowest BCUT2D eigenvalue weighted by Gasteiger charge is -2.19. The molecule has 0 saturated carbocycles. The minimum Gasteiger partial charge on any atom is -0.469 e. The zero-order chi connectivity index (χ0) is 8.84. The van der Waals surface area contributed by atoms with Gasteiger partial charge in [0.15, 0.2) is 0 Å². The summed E-state index contributed by atoms with van der Waals surface area (Å²) in [4.78, 5) is 11.3. The molecule has 13 heavy (non-hydrogen) atoms. The van der Waals surface area contributed by atoms with Gasteiger partial charge < -0.3 is 9.15 Å². The van der Waals surface area contributed by atoms with Crippen LogP contribution < -0.4 is 0 Å². The maximum Gasteiger partial charge on any atom is 0.309 e. The van der Waals surface area contributed by atoms with E-state index in [0.29, 0.717) is 12.5 Å². The maximum absolute atomic E-state index is 11.3. The van der Waals surface area contributed by atoms with Crippen LogP contribution in [0.3, 0.4) is 0 Å². The number of carbonyl (C=O) groups excluding carboxylic acids is 1. The molecule has 1 saturated heterocycles. The molecule has 1 aromatic heterocycles. The fraction of sp³-hybridized carbons (Fsp3) is 0.500. The van der Waals surface area contributed by atoms with Crippen LogP contribution in [0.25, 0.3) is 0 Å². The molecule has 1 aromatic rings. The first-order valence-electron chi connectivity index (χ1n) is 4.56. The van der Waals surface area contributed by atoms with E-state index in [1.807, 2.05) is 6.07 Å². The Bertz CT molecular complexity index is 353. The standard InChI is InChI=1S/C10H10O3/c11-10-8-4-9-6(1-2-12-9)3-7(8)5-13-10/h1-2,7-8H,3-5H2/t7-,8+/m1/s1. The lowest BCUT2D eigenvalue weighted by atomic mass is 9.81. The van der Waals surface area contributed by atoms with E-state index in [1.165, 1.54) is 5.56 Å². The zero-order valence-electron chi connectivity index (χ0n) is 7.16. The van der Waals surface area contributed by atoms with Gasteiger partial charge in [0.05, 0.1) is 18.8 Å². The number of carbonyl (C=O) groups is 1. The van der Waals surface area contributed by atoms with Gasteiger partial charge in [-0.15, -0.1) is 0 Å². The predicted octanol–water partition coefficient (Wildman–Crippen LogP) is 1.17. The van der Waals surface area contributed by atoms with Crippen LogP contribution in [-0.2, 0) is 22.4 Å². The molecule has 1 aliphatic carbocycles. The van der Waals surface area contributed by atoms with Gasteiger partial charge in [-0.1, -0.05) is 0 Å². The lowest BCUT2D eigenvalue weighted by Crippen LogP contribution is -2.25. The second kappa shape index (κ2) is 2.37. The van der Waals surface area contributed by atoms with Crippen LogP contribution in [0.4, 0.5) is 0 Å². The molecule has 3 rings (SSSR count).